The van der Waals surface area contributed by atoms with Crippen LogP contribution >= 0.6 is 0 Å². The van der Waals surface area contributed by atoms with Crippen LogP contribution in [0.25, 0.3) is 0 Å². The van der Waals surface area contributed by atoms with Gasteiger partial charge in [-0.1, -0.05) is 18.2 Å². The van der Waals surface area contributed by atoms with E-state index in [2.05, 4.69) is 12.0 Å². The van der Waals surface area contributed by atoms with Gasteiger partial charge < -0.3 is 0 Å². The fraction of sp³-hybridized carbons (Fsp3) is 0.273. The first-order chi connectivity index (χ1) is 6.69. The Balaban J connectivity index is 2.97. The minimum Gasteiger partial charge on any atom is -0.271 e. The van der Waals surface area contributed by atoms with Crippen molar-refractivity contribution in [2.24, 2.45) is 5.84 Å². The highest BCUT2D eigenvalue weighted by atomic mass is 19.1. The molecule has 0 heterocycles. The minimum absolute atomic E-state index is 0.201. The van der Waals surface area contributed by atoms with Crippen molar-refractivity contribution in [3.63, 3.8) is 0 Å². The monoisotopic (exact) mass is 194 g/mol. The molecule has 0 aliphatic rings. The van der Waals surface area contributed by atoms with Crippen LogP contribution in [0.4, 0.5) is 4.39 Å². The van der Waals surface area contributed by atoms with E-state index in [1.165, 1.54) is 6.07 Å². The molecule has 0 aromatic heterocycles. The third kappa shape index (κ3) is 2.40. The minimum atomic E-state index is -0.227. The summed E-state index contributed by atoms with van der Waals surface area (Å²) in [7, 11) is 0. The molecule has 0 aliphatic heterocycles. The number of hydrogen-bond acceptors (Lipinski definition) is 2. The molecule has 14 heavy (non-hydrogen) atoms. The van der Waals surface area contributed by atoms with Crippen LogP contribution < -0.4 is 11.3 Å². The Bertz CT molecular complexity index is 323. The number of hydrogen-bond donors (Lipinski definition) is 2. The second-order valence-corrected chi connectivity index (χ2v) is 3.27. The van der Waals surface area contributed by atoms with E-state index < -0.39 is 0 Å². The molecule has 0 fully saturated rings. The first-order valence-corrected chi connectivity index (χ1v) is 4.52. The second-order valence-electron chi connectivity index (χ2n) is 3.27. The van der Waals surface area contributed by atoms with Crippen molar-refractivity contribution >= 4 is 0 Å². The van der Waals surface area contributed by atoms with Crippen LogP contribution in [0.15, 0.2) is 30.9 Å². The van der Waals surface area contributed by atoms with E-state index in [1.807, 2.05) is 13.0 Å². The largest absolute Gasteiger partial charge is 0.271 e. The number of rotatable bonds is 4. The van der Waals surface area contributed by atoms with Gasteiger partial charge in [-0.05, 0) is 25.0 Å². The molecule has 1 unspecified atom stereocenters. The predicted octanol–water partition coefficient (Wildman–Crippen LogP) is 2.21. The summed E-state index contributed by atoms with van der Waals surface area (Å²) in [5.41, 5.74) is 4.05. The Morgan fingerprint density at radius 1 is 1.64 bits per heavy atom. The first-order valence-electron chi connectivity index (χ1n) is 4.52. The van der Waals surface area contributed by atoms with Gasteiger partial charge in [0.05, 0.1) is 6.04 Å². The quantitative estimate of drug-likeness (QED) is 0.438. The van der Waals surface area contributed by atoms with Gasteiger partial charge in [-0.3, -0.25) is 11.3 Å². The van der Waals surface area contributed by atoms with Crippen LogP contribution in [0.3, 0.4) is 0 Å². The number of nitrogens with two attached hydrogens (primary N) is 1. The summed E-state index contributed by atoms with van der Waals surface area (Å²) in [5, 5.41) is 0. The Hall–Kier alpha value is -1.19. The first kappa shape index (κ1) is 10.9. The molecule has 1 aromatic rings. The molecular weight excluding hydrogens is 179 g/mol. The van der Waals surface area contributed by atoms with Crippen LogP contribution in [0.1, 0.15) is 23.6 Å². The Morgan fingerprint density at radius 2 is 2.36 bits per heavy atom. The molecule has 76 valence electrons. The molecule has 2 nitrogen and oxygen atoms in total. The number of benzene rings is 1. The molecule has 0 radical (unpaired) electrons. The van der Waals surface area contributed by atoms with Crippen molar-refractivity contribution < 1.29 is 4.39 Å². The fourth-order valence-corrected chi connectivity index (χ4v) is 1.37. The van der Waals surface area contributed by atoms with Crippen LogP contribution in [0.2, 0.25) is 0 Å². The summed E-state index contributed by atoms with van der Waals surface area (Å²) >= 11 is 0. The van der Waals surface area contributed by atoms with E-state index in [-0.39, 0.29) is 11.9 Å². The standard InChI is InChI=1S/C11H15FN2/c1-3-4-11(14-13)9-6-5-8(2)7-10(9)12/h3,5-7,11,14H,1,4,13H2,2H3. The molecule has 0 saturated carbocycles. The Kier molecular flexibility index (Phi) is 3.80. The Labute approximate surface area is 83.6 Å². The third-order valence-corrected chi connectivity index (χ3v) is 2.13. The van der Waals surface area contributed by atoms with Gasteiger partial charge in [-0.2, -0.15) is 0 Å². The van der Waals surface area contributed by atoms with Crippen molar-refractivity contribution in [2.75, 3.05) is 0 Å². The van der Waals surface area contributed by atoms with Crippen molar-refractivity contribution in [3.05, 3.63) is 47.8 Å². The van der Waals surface area contributed by atoms with Crippen LogP contribution in [-0.4, -0.2) is 0 Å². The number of nitrogens with one attached hydrogen (secondary N) is 1. The van der Waals surface area contributed by atoms with Crippen molar-refractivity contribution in [1.29, 1.82) is 0 Å². The second kappa shape index (κ2) is 4.88. The van der Waals surface area contributed by atoms with E-state index in [4.69, 9.17) is 5.84 Å². The summed E-state index contributed by atoms with van der Waals surface area (Å²) in [6.07, 6.45) is 2.32. The molecular formula is C11H15FN2. The summed E-state index contributed by atoms with van der Waals surface area (Å²) in [6, 6.07) is 4.92. The molecule has 1 aromatic carbocycles. The number of aryl methyl sites for hydroxylation is 1. The Morgan fingerprint density at radius 3 is 2.86 bits per heavy atom. The summed E-state index contributed by atoms with van der Waals surface area (Å²) in [4.78, 5) is 0. The zero-order valence-electron chi connectivity index (χ0n) is 8.26. The molecule has 0 bridgehead atoms. The predicted molar refractivity (Wildman–Crippen MR) is 56.0 cm³/mol. The maximum Gasteiger partial charge on any atom is 0.128 e. The molecule has 0 spiro atoms. The van der Waals surface area contributed by atoms with Crippen LogP contribution in [0, 0.1) is 12.7 Å². The lowest BCUT2D eigenvalue weighted by atomic mass is 10.0. The third-order valence-electron chi connectivity index (χ3n) is 2.13. The van der Waals surface area contributed by atoms with Gasteiger partial charge in [0.15, 0.2) is 0 Å². The highest BCUT2D eigenvalue weighted by molar-refractivity contribution is 5.26. The lowest BCUT2D eigenvalue weighted by Crippen LogP contribution is -2.28. The van der Waals surface area contributed by atoms with E-state index in [0.29, 0.717) is 12.0 Å². The fourth-order valence-electron chi connectivity index (χ4n) is 1.37. The van der Waals surface area contributed by atoms with E-state index >= 15 is 0 Å². The van der Waals surface area contributed by atoms with E-state index in [9.17, 15) is 4.39 Å². The van der Waals surface area contributed by atoms with E-state index in [0.717, 1.165) is 5.56 Å². The van der Waals surface area contributed by atoms with Crippen molar-refractivity contribution in [2.45, 2.75) is 19.4 Å². The summed E-state index contributed by atoms with van der Waals surface area (Å²) in [6.45, 7) is 5.46. The highest BCUT2D eigenvalue weighted by Crippen LogP contribution is 2.20. The lowest BCUT2D eigenvalue weighted by Gasteiger charge is -2.15. The maximum atomic E-state index is 13.5. The van der Waals surface area contributed by atoms with Gasteiger partial charge in [0.2, 0.25) is 0 Å². The van der Waals surface area contributed by atoms with Crippen LogP contribution in [0.5, 0.6) is 0 Å². The molecule has 1 atom stereocenters. The zero-order valence-corrected chi connectivity index (χ0v) is 8.26. The van der Waals surface area contributed by atoms with Gasteiger partial charge in [-0.25, -0.2) is 4.39 Å². The number of hydrazine groups is 1. The van der Waals surface area contributed by atoms with Gasteiger partial charge in [-0.15, -0.1) is 6.58 Å². The average Bonchev–Trinajstić information content (AvgIpc) is 2.15. The molecule has 0 aliphatic carbocycles. The molecule has 1 rings (SSSR count). The molecule has 0 amide bonds. The SMILES string of the molecule is C=CCC(NN)c1ccc(C)cc1F. The maximum absolute atomic E-state index is 13.5. The lowest BCUT2D eigenvalue weighted by molar-refractivity contribution is 0.516. The molecule has 3 heteroatoms. The summed E-state index contributed by atoms with van der Waals surface area (Å²) in [5.74, 6) is 5.11. The van der Waals surface area contributed by atoms with Gasteiger partial charge in [0, 0.05) is 5.56 Å². The zero-order chi connectivity index (χ0) is 10.6. The number of halogens is 1. The smallest absolute Gasteiger partial charge is 0.128 e. The average molecular weight is 194 g/mol. The normalized spacial score (nSPS) is 12.5. The van der Waals surface area contributed by atoms with Gasteiger partial charge in [0.25, 0.3) is 0 Å². The van der Waals surface area contributed by atoms with Crippen molar-refractivity contribution in [1.82, 2.24) is 5.43 Å². The van der Waals surface area contributed by atoms with Gasteiger partial charge in [0.1, 0.15) is 5.82 Å². The van der Waals surface area contributed by atoms with Crippen LogP contribution in [-0.2, 0) is 0 Å². The topological polar surface area (TPSA) is 38.0 Å². The molecule has 0 saturated heterocycles. The highest BCUT2D eigenvalue weighted by Gasteiger charge is 2.12. The molecule has 3 N–H and O–H groups in total. The summed E-state index contributed by atoms with van der Waals surface area (Å²) < 4.78 is 13.5. The van der Waals surface area contributed by atoms with E-state index in [1.54, 1.807) is 12.1 Å². The van der Waals surface area contributed by atoms with Crippen molar-refractivity contribution in [3.8, 4) is 0 Å². The van der Waals surface area contributed by atoms with Gasteiger partial charge >= 0.3 is 0 Å².